The van der Waals surface area contributed by atoms with Gasteiger partial charge in [0.25, 0.3) is 5.91 Å². The van der Waals surface area contributed by atoms with Crippen LogP contribution in [0.1, 0.15) is 23.3 Å². The van der Waals surface area contributed by atoms with Gasteiger partial charge < -0.3 is 10.2 Å². The van der Waals surface area contributed by atoms with E-state index in [2.05, 4.69) is 27.5 Å². The third kappa shape index (κ3) is 2.54. The normalized spacial score (nSPS) is 18.6. The van der Waals surface area contributed by atoms with Gasteiger partial charge in [0.15, 0.2) is 0 Å². The van der Waals surface area contributed by atoms with Crippen molar-refractivity contribution in [3.8, 4) is 0 Å². The molecule has 0 unspecified atom stereocenters. The van der Waals surface area contributed by atoms with Gasteiger partial charge in [0.05, 0.1) is 11.2 Å². The summed E-state index contributed by atoms with van der Waals surface area (Å²) in [5.41, 5.74) is 0.348. The highest BCUT2D eigenvalue weighted by Gasteiger charge is 2.20. The maximum atomic E-state index is 11.8. The molecule has 6 heteroatoms. The summed E-state index contributed by atoms with van der Waals surface area (Å²) in [5.74, 6) is -0.169. The number of H-pyrrole nitrogens is 1. The van der Waals surface area contributed by atoms with E-state index in [1.807, 2.05) is 0 Å². The second kappa shape index (κ2) is 4.84. The van der Waals surface area contributed by atoms with Crippen LogP contribution in [0, 0.1) is 0 Å². The third-order valence-electron chi connectivity index (χ3n) is 2.87. The largest absolute Gasteiger partial charge is 0.348 e. The fourth-order valence-electron chi connectivity index (χ4n) is 1.84. The lowest BCUT2D eigenvalue weighted by molar-refractivity contribution is 0.0912. The first-order valence-corrected chi connectivity index (χ1v) is 5.73. The van der Waals surface area contributed by atoms with E-state index in [0.717, 1.165) is 25.9 Å². The molecule has 5 nitrogen and oxygen atoms in total. The molecule has 1 aliphatic rings. The minimum Gasteiger partial charge on any atom is -0.348 e. The molecular weight excluding hydrogens is 228 g/mol. The minimum absolute atomic E-state index is 0.169. The molecule has 0 aliphatic carbocycles. The second-order valence-corrected chi connectivity index (χ2v) is 4.55. The van der Waals surface area contributed by atoms with E-state index in [9.17, 15) is 4.79 Å². The van der Waals surface area contributed by atoms with Crippen LogP contribution in [0.3, 0.4) is 0 Å². The van der Waals surface area contributed by atoms with Crippen LogP contribution in [-0.4, -0.2) is 47.2 Å². The number of nitrogens with one attached hydrogen (secondary N) is 2. The Morgan fingerprint density at radius 1 is 1.62 bits per heavy atom. The fourth-order valence-corrected chi connectivity index (χ4v) is 2.02. The minimum atomic E-state index is -0.169. The number of hydrogen-bond donors (Lipinski definition) is 2. The molecule has 2 heterocycles. The number of aromatic nitrogens is 2. The molecule has 1 amide bonds. The topological polar surface area (TPSA) is 61.0 Å². The molecule has 1 aromatic heterocycles. The molecule has 0 aromatic carbocycles. The van der Waals surface area contributed by atoms with Crippen molar-refractivity contribution in [1.29, 1.82) is 0 Å². The number of carbonyl (C=O) groups is 1. The first kappa shape index (κ1) is 11.4. The second-order valence-electron chi connectivity index (χ2n) is 4.14. The molecule has 2 rings (SSSR count). The smallest absolute Gasteiger partial charge is 0.271 e. The molecule has 88 valence electrons. The van der Waals surface area contributed by atoms with Crippen LogP contribution >= 0.6 is 11.6 Å². The van der Waals surface area contributed by atoms with E-state index in [0.29, 0.717) is 10.7 Å². The number of carbonyl (C=O) groups excluding carboxylic acids is 1. The van der Waals surface area contributed by atoms with E-state index in [-0.39, 0.29) is 11.9 Å². The summed E-state index contributed by atoms with van der Waals surface area (Å²) >= 11 is 5.81. The van der Waals surface area contributed by atoms with Crippen molar-refractivity contribution in [2.24, 2.45) is 0 Å². The van der Waals surface area contributed by atoms with E-state index in [1.165, 1.54) is 6.20 Å². The van der Waals surface area contributed by atoms with Crippen LogP contribution in [0.2, 0.25) is 5.02 Å². The van der Waals surface area contributed by atoms with Crippen LogP contribution in [0.4, 0.5) is 0 Å². The van der Waals surface area contributed by atoms with Gasteiger partial charge in [-0.25, -0.2) is 0 Å². The molecule has 16 heavy (non-hydrogen) atoms. The molecule has 1 aromatic rings. The van der Waals surface area contributed by atoms with Crippen molar-refractivity contribution < 1.29 is 4.79 Å². The molecule has 0 spiro atoms. The SMILES string of the molecule is CN1CCC(NC(=O)c2[nH]ncc2Cl)CC1. The number of likely N-dealkylation sites (tertiary alicyclic amines) is 1. The van der Waals surface area contributed by atoms with Gasteiger partial charge in [-0.1, -0.05) is 11.6 Å². The molecule has 1 fully saturated rings. The van der Waals surface area contributed by atoms with E-state index in [4.69, 9.17) is 11.6 Å². The average Bonchev–Trinajstić information content (AvgIpc) is 2.68. The van der Waals surface area contributed by atoms with Crippen LogP contribution in [0.5, 0.6) is 0 Å². The van der Waals surface area contributed by atoms with E-state index in [1.54, 1.807) is 0 Å². The van der Waals surface area contributed by atoms with Crippen molar-refractivity contribution in [2.45, 2.75) is 18.9 Å². The summed E-state index contributed by atoms with van der Waals surface area (Å²) in [6.07, 6.45) is 3.40. The first-order valence-electron chi connectivity index (χ1n) is 5.35. The lowest BCUT2D eigenvalue weighted by Gasteiger charge is -2.29. The number of aromatic amines is 1. The standard InChI is InChI=1S/C10H15ClN4O/c1-15-4-2-7(3-5-15)13-10(16)9-8(11)6-12-14-9/h6-7H,2-5H2,1H3,(H,12,14)(H,13,16). The number of hydrogen-bond acceptors (Lipinski definition) is 3. The molecule has 0 saturated carbocycles. The van der Waals surface area contributed by atoms with Gasteiger partial charge in [-0.15, -0.1) is 0 Å². The monoisotopic (exact) mass is 242 g/mol. The van der Waals surface area contributed by atoms with Gasteiger partial charge in [-0.3, -0.25) is 9.89 Å². The Kier molecular flexibility index (Phi) is 3.46. The Labute approximate surface area is 99.2 Å². The molecular formula is C10H15ClN4O. The summed E-state index contributed by atoms with van der Waals surface area (Å²) < 4.78 is 0. The van der Waals surface area contributed by atoms with Gasteiger partial charge >= 0.3 is 0 Å². The number of piperidine rings is 1. The first-order chi connectivity index (χ1) is 7.66. The Hall–Kier alpha value is -1.07. The maximum absolute atomic E-state index is 11.8. The zero-order valence-electron chi connectivity index (χ0n) is 9.16. The Balaban J connectivity index is 1.91. The lowest BCUT2D eigenvalue weighted by atomic mass is 10.1. The third-order valence-corrected chi connectivity index (χ3v) is 3.16. The summed E-state index contributed by atoms with van der Waals surface area (Å²) in [6.45, 7) is 2.03. The highest BCUT2D eigenvalue weighted by atomic mass is 35.5. The highest BCUT2D eigenvalue weighted by Crippen LogP contribution is 2.13. The van der Waals surface area contributed by atoms with E-state index < -0.39 is 0 Å². The van der Waals surface area contributed by atoms with Crippen molar-refractivity contribution >= 4 is 17.5 Å². The van der Waals surface area contributed by atoms with Gasteiger partial charge in [0, 0.05) is 6.04 Å². The highest BCUT2D eigenvalue weighted by molar-refractivity contribution is 6.33. The zero-order chi connectivity index (χ0) is 11.5. The summed E-state index contributed by atoms with van der Waals surface area (Å²) in [5, 5.41) is 9.65. The Morgan fingerprint density at radius 3 is 2.88 bits per heavy atom. The number of amides is 1. The molecule has 0 bridgehead atoms. The average molecular weight is 243 g/mol. The van der Waals surface area contributed by atoms with Gasteiger partial charge in [-0.05, 0) is 33.0 Å². The van der Waals surface area contributed by atoms with Crippen LogP contribution in [0.25, 0.3) is 0 Å². The summed E-state index contributed by atoms with van der Waals surface area (Å²) in [4.78, 5) is 14.1. The zero-order valence-corrected chi connectivity index (χ0v) is 9.92. The molecule has 0 atom stereocenters. The predicted octanol–water partition coefficient (Wildman–Crippen LogP) is 0.887. The van der Waals surface area contributed by atoms with Gasteiger partial charge in [0.2, 0.25) is 0 Å². The number of rotatable bonds is 2. The van der Waals surface area contributed by atoms with Crippen molar-refractivity contribution in [3.05, 3.63) is 16.9 Å². The van der Waals surface area contributed by atoms with Crippen LogP contribution in [0.15, 0.2) is 6.20 Å². The number of halogens is 1. The summed E-state index contributed by atoms with van der Waals surface area (Å²) in [6, 6.07) is 0.239. The van der Waals surface area contributed by atoms with Crippen LogP contribution < -0.4 is 5.32 Å². The van der Waals surface area contributed by atoms with Crippen molar-refractivity contribution in [3.63, 3.8) is 0 Å². The van der Waals surface area contributed by atoms with Crippen molar-refractivity contribution in [1.82, 2.24) is 20.4 Å². The van der Waals surface area contributed by atoms with E-state index >= 15 is 0 Å². The van der Waals surface area contributed by atoms with Crippen LogP contribution in [-0.2, 0) is 0 Å². The maximum Gasteiger partial charge on any atom is 0.271 e. The fraction of sp³-hybridized carbons (Fsp3) is 0.600. The van der Waals surface area contributed by atoms with Gasteiger partial charge in [0.1, 0.15) is 5.69 Å². The molecule has 1 saturated heterocycles. The Bertz CT molecular complexity index is 371. The summed E-state index contributed by atoms with van der Waals surface area (Å²) in [7, 11) is 2.09. The molecule has 1 aliphatic heterocycles. The quantitative estimate of drug-likeness (QED) is 0.810. The molecule has 2 N–H and O–H groups in total. The van der Waals surface area contributed by atoms with Gasteiger partial charge in [-0.2, -0.15) is 5.10 Å². The predicted molar refractivity (Wildman–Crippen MR) is 61.6 cm³/mol. The number of nitrogens with zero attached hydrogens (tertiary/aromatic N) is 2. The molecule has 0 radical (unpaired) electrons. The van der Waals surface area contributed by atoms with Crippen molar-refractivity contribution in [2.75, 3.05) is 20.1 Å². The lowest BCUT2D eigenvalue weighted by Crippen LogP contribution is -2.43. The Morgan fingerprint density at radius 2 is 2.31 bits per heavy atom.